The maximum Gasteiger partial charge on any atom is 0.282 e. The van der Waals surface area contributed by atoms with E-state index in [4.69, 9.17) is 0 Å². The summed E-state index contributed by atoms with van der Waals surface area (Å²) in [5.74, 6) is -0.718. The lowest BCUT2D eigenvalue weighted by molar-refractivity contribution is -0.117. The SMILES string of the molecule is CCc1ccc(C=C2C(=O)NN(c3ccccc3)C2=O)cc1. The van der Waals surface area contributed by atoms with Gasteiger partial charge in [0.05, 0.1) is 5.69 Å². The van der Waals surface area contributed by atoms with Crippen molar-refractivity contribution in [2.24, 2.45) is 0 Å². The van der Waals surface area contributed by atoms with E-state index in [1.807, 2.05) is 42.5 Å². The van der Waals surface area contributed by atoms with Crippen LogP contribution >= 0.6 is 0 Å². The second kappa shape index (κ2) is 5.85. The smallest absolute Gasteiger partial charge is 0.267 e. The van der Waals surface area contributed by atoms with Crippen molar-refractivity contribution in [3.63, 3.8) is 0 Å². The molecule has 0 aromatic heterocycles. The van der Waals surface area contributed by atoms with Gasteiger partial charge in [0.2, 0.25) is 0 Å². The van der Waals surface area contributed by atoms with Gasteiger partial charge < -0.3 is 0 Å². The lowest BCUT2D eigenvalue weighted by Gasteiger charge is -2.13. The molecule has 0 saturated carbocycles. The van der Waals surface area contributed by atoms with Crippen LogP contribution in [0.15, 0.2) is 60.2 Å². The highest BCUT2D eigenvalue weighted by Gasteiger charge is 2.34. The molecule has 0 aliphatic carbocycles. The predicted molar refractivity (Wildman–Crippen MR) is 85.9 cm³/mol. The minimum absolute atomic E-state index is 0.146. The molecule has 2 aromatic carbocycles. The molecule has 0 spiro atoms. The molecule has 22 heavy (non-hydrogen) atoms. The first kappa shape index (κ1) is 14.1. The molecule has 0 atom stereocenters. The van der Waals surface area contributed by atoms with Crippen LogP contribution in [-0.4, -0.2) is 11.8 Å². The van der Waals surface area contributed by atoms with Crippen LogP contribution in [0.4, 0.5) is 5.69 Å². The monoisotopic (exact) mass is 292 g/mol. The fourth-order valence-corrected chi connectivity index (χ4v) is 2.33. The third-order valence-electron chi connectivity index (χ3n) is 3.60. The number of hydrazine groups is 1. The van der Waals surface area contributed by atoms with Gasteiger partial charge in [-0.05, 0) is 35.8 Å². The van der Waals surface area contributed by atoms with Gasteiger partial charge in [-0.3, -0.25) is 15.0 Å². The van der Waals surface area contributed by atoms with Gasteiger partial charge in [-0.15, -0.1) is 0 Å². The molecule has 0 bridgehead atoms. The van der Waals surface area contributed by atoms with Crippen molar-refractivity contribution in [2.75, 3.05) is 5.01 Å². The van der Waals surface area contributed by atoms with E-state index in [1.165, 1.54) is 10.6 Å². The molecular formula is C18H16N2O2. The lowest BCUT2D eigenvalue weighted by Crippen LogP contribution is -2.35. The fourth-order valence-electron chi connectivity index (χ4n) is 2.33. The number of amides is 2. The molecule has 0 unspecified atom stereocenters. The molecule has 1 fully saturated rings. The summed E-state index contributed by atoms with van der Waals surface area (Å²) in [6, 6.07) is 16.9. The van der Waals surface area contributed by atoms with E-state index < -0.39 is 0 Å². The molecule has 4 nitrogen and oxygen atoms in total. The molecule has 4 heteroatoms. The van der Waals surface area contributed by atoms with Crippen molar-refractivity contribution in [3.8, 4) is 0 Å². The number of benzene rings is 2. The van der Waals surface area contributed by atoms with Crippen LogP contribution in [0.2, 0.25) is 0 Å². The summed E-state index contributed by atoms with van der Waals surface area (Å²) in [5.41, 5.74) is 5.44. The summed E-state index contributed by atoms with van der Waals surface area (Å²) < 4.78 is 0. The van der Waals surface area contributed by atoms with Gasteiger partial charge in [0.1, 0.15) is 5.57 Å². The Bertz CT molecular complexity index is 733. The quantitative estimate of drug-likeness (QED) is 0.698. The van der Waals surface area contributed by atoms with Crippen molar-refractivity contribution >= 4 is 23.6 Å². The summed E-state index contributed by atoms with van der Waals surface area (Å²) in [7, 11) is 0. The molecule has 1 heterocycles. The van der Waals surface area contributed by atoms with Gasteiger partial charge in [0, 0.05) is 0 Å². The number of rotatable bonds is 3. The van der Waals surface area contributed by atoms with Crippen LogP contribution in [0.3, 0.4) is 0 Å². The third kappa shape index (κ3) is 2.63. The van der Waals surface area contributed by atoms with E-state index in [9.17, 15) is 9.59 Å². The van der Waals surface area contributed by atoms with E-state index in [1.54, 1.807) is 18.2 Å². The Kier molecular flexibility index (Phi) is 3.74. The molecule has 2 amide bonds. The van der Waals surface area contributed by atoms with Gasteiger partial charge in [-0.1, -0.05) is 49.4 Å². The van der Waals surface area contributed by atoms with Gasteiger partial charge in [0.25, 0.3) is 11.8 Å². The molecule has 1 N–H and O–H groups in total. The molecule has 1 saturated heterocycles. The number of hydrogen-bond donors (Lipinski definition) is 1. The van der Waals surface area contributed by atoms with Gasteiger partial charge >= 0.3 is 0 Å². The van der Waals surface area contributed by atoms with Crippen LogP contribution in [-0.2, 0) is 16.0 Å². The average molecular weight is 292 g/mol. The maximum atomic E-state index is 12.4. The number of hydrogen-bond acceptors (Lipinski definition) is 2. The van der Waals surface area contributed by atoms with Crippen LogP contribution < -0.4 is 10.4 Å². The number of carbonyl (C=O) groups is 2. The molecule has 3 rings (SSSR count). The topological polar surface area (TPSA) is 49.4 Å². The van der Waals surface area contributed by atoms with Crippen molar-refractivity contribution in [1.29, 1.82) is 0 Å². The number of anilines is 1. The number of nitrogens with zero attached hydrogens (tertiary/aromatic N) is 1. The standard InChI is InChI=1S/C18H16N2O2/c1-2-13-8-10-14(11-9-13)12-16-17(21)19-20(18(16)22)15-6-4-3-5-7-15/h3-12H,2H2,1H3,(H,19,21). The summed E-state index contributed by atoms with van der Waals surface area (Å²) in [5, 5.41) is 1.27. The molecular weight excluding hydrogens is 276 g/mol. The molecule has 2 aromatic rings. The molecule has 1 aliphatic heterocycles. The maximum absolute atomic E-state index is 12.4. The Morgan fingerprint density at radius 2 is 1.68 bits per heavy atom. The minimum atomic E-state index is -0.381. The van der Waals surface area contributed by atoms with Crippen molar-refractivity contribution < 1.29 is 9.59 Å². The summed E-state index contributed by atoms with van der Waals surface area (Å²) in [6.07, 6.45) is 2.58. The second-order valence-corrected chi connectivity index (χ2v) is 5.07. The Labute approximate surface area is 129 Å². The van der Waals surface area contributed by atoms with Crippen molar-refractivity contribution in [2.45, 2.75) is 13.3 Å². The van der Waals surface area contributed by atoms with Crippen LogP contribution in [0.5, 0.6) is 0 Å². The lowest BCUT2D eigenvalue weighted by atomic mass is 10.1. The first-order valence-corrected chi connectivity index (χ1v) is 7.20. The van der Waals surface area contributed by atoms with Crippen LogP contribution in [0.25, 0.3) is 6.08 Å². The van der Waals surface area contributed by atoms with E-state index in [-0.39, 0.29) is 17.4 Å². The number of aryl methyl sites for hydroxylation is 1. The highest BCUT2D eigenvalue weighted by molar-refractivity contribution is 6.31. The summed E-state index contributed by atoms with van der Waals surface area (Å²) in [6.45, 7) is 2.08. The van der Waals surface area contributed by atoms with Gasteiger partial charge in [-0.2, -0.15) is 0 Å². The van der Waals surface area contributed by atoms with Crippen LogP contribution in [0, 0.1) is 0 Å². The highest BCUT2D eigenvalue weighted by atomic mass is 16.2. The number of para-hydroxylation sites is 1. The number of nitrogens with one attached hydrogen (secondary N) is 1. The summed E-state index contributed by atoms with van der Waals surface area (Å²) >= 11 is 0. The van der Waals surface area contributed by atoms with Crippen LogP contribution in [0.1, 0.15) is 18.1 Å². The molecule has 110 valence electrons. The van der Waals surface area contributed by atoms with Gasteiger partial charge in [0.15, 0.2) is 0 Å². The van der Waals surface area contributed by atoms with Crippen molar-refractivity contribution in [3.05, 3.63) is 71.3 Å². The Morgan fingerprint density at radius 1 is 1.00 bits per heavy atom. The van der Waals surface area contributed by atoms with E-state index in [2.05, 4.69) is 12.3 Å². The fraction of sp³-hybridized carbons (Fsp3) is 0.111. The average Bonchev–Trinajstić information content (AvgIpc) is 2.84. The molecule has 1 aliphatic rings. The second-order valence-electron chi connectivity index (χ2n) is 5.07. The molecule has 0 radical (unpaired) electrons. The van der Waals surface area contributed by atoms with E-state index in [0.717, 1.165) is 12.0 Å². The Hall–Kier alpha value is -2.88. The zero-order valence-corrected chi connectivity index (χ0v) is 12.2. The largest absolute Gasteiger partial charge is 0.282 e. The number of carbonyl (C=O) groups excluding carboxylic acids is 2. The third-order valence-corrected chi connectivity index (χ3v) is 3.60. The van der Waals surface area contributed by atoms with E-state index >= 15 is 0 Å². The normalized spacial score (nSPS) is 16.2. The Balaban J connectivity index is 1.89. The minimum Gasteiger partial charge on any atom is -0.267 e. The summed E-state index contributed by atoms with van der Waals surface area (Å²) in [4.78, 5) is 24.5. The van der Waals surface area contributed by atoms with E-state index in [0.29, 0.717) is 5.69 Å². The zero-order chi connectivity index (χ0) is 15.5. The predicted octanol–water partition coefficient (Wildman–Crippen LogP) is 2.71. The zero-order valence-electron chi connectivity index (χ0n) is 12.2. The Morgan fingerprint density at radius 3 is 2.32 bits per heavy atom. The first-order chi connectivity index (χ1) is 10.7. The highest BCUT2D eigenvalue weighted by Crippen LogP contribution is 2.21. The van der Waals surface area contributed by atoms with Crippen molar-refractivity contribution in [1.82, 2.24) is 5.43 Å². The van der Waals surface area contributed by atoms with Gasteiger partial charge in [-0.25, -0.2) is 5.01 Å². The first-order valence-electron chi connectivity index (χ1n) is 7.20.